The number of aromatic nitrogens is 2. The Balaban J connectivity index is 2.14. The Morgan fingerprint density at radius 1 is 1.69 bits per heavy atom. The van der Waals surface area contributed by atoms with Crippen molar-refractivity contribution in [3.8, 4) is 0 Å². The Kier molecular flexibility index (Phi) is 2.33. The summed E-state index contributed by atoms with van der Waals surface area (Å²) in [4.78, 5) is 0. The first-order valence-electron chi connectivity index (χ1n) is 4.67. The first-order valence-corrected chi connectivity index (χ1v) is 4.67. The molecule has 1 aliphatic rings. The highest BCUT2D eigenvalue weighted by Gasteiger charge is 2.24. The molecular formula is C9H15N3O. The van der Waals surface area contributed by atoms with Gasteiger partial charge in [0.25, 0.3) is 0 Å². The molecule has 72 valence electrons. The lowest BCUT2D eigenvalue weighted by molar-refractivity contribution is 0.0965. The summed E-state index contributed by atoms with van der Waals surface area (Å²) in [7, 11) is 1.89. The molecule has 4 heteroatoms. The van der Waals surface area contributed by atoms with Gasteiger partial charge in [-0.2, -0.15) is 5.10 Å². The van der Waals surface area contributed by atoms with E-state index in [1.807, 2.05) is 19.4 Å². The Hall–Kier alpha value is -0.870. The van der Waals surface area contributed by atoms with E-state index in [-0.39, 0.29) is 12.1 Å². The lowest BCUT2D eigenvalue weighted by Crippen LogP contribution is -2.37. The Morgan fingerprint density at radius 2 is 2.54 bits per heavy atom. The number of aryl methyl sites for hydroxylation is 1. The second-order valence-corrected chi connectivity index (χ2v) is 3.59. The molecule has 0 aromatic carbocycles. The first kappa shape index (κ1) is 8.72. The average molecular weight is 181 g/mol. The molecule has 2 atom stereocenters. The van der Waals surface area contributed by atoms with Gasteiger partial charge in [0.2, 0.25) is 0 Å². The third-order valence-corrected chi connectivity index (χ3v) is 2.51. The molecule has 1 fully saturated rings. The molecule has 0 amide bonds. The summed E-state index contributed by atoms with van der Waals surface area (Å²) in [6, 6.07) is 0.0717. The summed E-state index contributed by atoms with van der Waals surface area (Å²) in [6.45, 7) is 0.983. The summed E-state index contributed by atoms with van der Waals surface area (Å²) in [6.07, 6.45) is 5.43. The van der Waals surface area contributed by atoms with Gasteiger partial charge >= 0.3 is 0 Å². The second kappa shape index (κ2) is 3.47. The van der Waals surface area contributed by atoms with Crippen LogP contribution in [-0.2, 0) is 7.05 Å². The van der Waals surface area contributed by atoms with Gasteiger partial charge in [-0.15, -0.1) is 0 Å². The van der Waals surface area contributed by atoms with E-state index in [0.29, 0.717) is 0 Å². The van der Waals surface area contributed by atoms with Crippen molar-refractivity contribution in [3.05, 3.63) is 18.0 Å². The van der Waals surface area contributed by atoms with Crippen molar-refractivity contribution in [3.63, 3.8) is 0 Å². The quantitative estimate of drug-likeness (QED) is 0.651. The Labute approximate surface area is 77.6 Å². The van der Waals surface area contributed by atoms with Crippen molar-refractivity contribution in [2.24, 2.45) is 7.05 Å². The highest BCUT2D eigenvalue weighted by molar-refractivity contribution is 5.13. The fraction of sp³-hybridized carbons (Fsp3) is 0.667. The van der Waals surface area contributed by atoms with E-state index < -0.39 is 0 Å². The second-order valence-electron chi connectivity index (χ2n) is 3.59. The molecule has 0 bridgehead atoms. The minimum atomic E-state index is -0.266. The summed E-state index contributed by atoms with van der Waals surface area (Å²) in [5.41, 5.74) is 1.08. The molecule has 2 heterocycles. The normalized spacial score (nSPS) is 29.1. The molecule has 1 aromatic heterocycles. The van der Waals surface area contributed by atoms with Gasteiger partial charge in [-0.05, 0) is 19.4 Å². The number of nitrogens with one attached hydrogen (secondary N) is 1. The van der Waals surface area contributed by atoms with E-state index in [4.69, 9.17) is 0 Å². The molecule has 1 aliphatic heterocycles. The number of rotatable bonds is 1. The van der Waals surface area contributed by atoms with Crippen LogP contribution in [0, 0.1) is 0 Å². The number of aliphatic hydroxyl groups excluding tert-OH is 1. The summed E-state index contributed by atoms with van der Waals surface area (Å²) in [5.74, 6) is 0. The lowest BCUT2D eigenvalue weighted by Gasteiger charge is -2.27. The molecule has 2 N–H and O–H groups in total. The van der Waals surface area contributed by atoms with Crippen LogP contribution >= 0.6 is 0 Å². The molecule has 0 saturated carbocycles. The molecule has 1 saturated heterocycles. The predicted octanol–water partition coefficient (Wildman–Crippen LogP) is 0.205. The highest BCUT2D eigenvalue weighted by Crippen LogP contribution is 2.22. The molecule has 0 radical (unpaired) electrons. The van der Waals surface area contributed by atoms with Crippen molar-refractivity contribution in [2.75, 3.05) is 6.54 Å². The third kappa shape index (κ3) is 1.73. The number of piperidine rings is 1. The fourth-order valence-electron chi connectivity index (χ4n) is 1.81. The minimum Gasteiger partial charge on any atom is -0.391 e. The van der Waals surface area contributed by atoms with Gasteiger partial charge in [-0.1, -0.05) is 0 Å². The maximum Gasteiger partial charge on any atom is 0.0736 e. The first-order chi connectivity index (χ1) is 6.27. The predicted molar refractivity (Wildman–Crippen MR) is 49.2 cm³/mol. The molecule has 2 unspecified atom stereocenters. The molecule has 0 spiro atoms. The molecule has 4 nitrogen and oxygen atoms in total. The van der Waals surface area contributed by atoms with Crippen LogP contribution < -0.4 is 5.32 Å². The van der Waals surface area contributed by atoms with E-state index in [1.54, 1.807) is 4.68 Å². The minimum absolute atomic E-state index is 0.0717. The topological polar surface area (TPSA) is 50.1 Å². The van der Waals surface area contributed by atoms with Crippen molar-refractivity contribution in [2.45, 2.75) is 25.0 Å². The van der Waals surface area contributed by atoms with Crippen LogP contribution in [-0.4, -0.2) is 27.5 Å². The smallest absolute Gasteiger partial charge is 0.0736 e. The largest absolute Gasteiger partial charge is 0.391 e. The van der Waals surface area contributed by atoms with E-state index >= 15 is 0 Å². The average Bonchev–Trinajstić information content (AvgIpc) is 2.53. The molecule has 1 aromatic rings. The van der Waals surface area contributed by atoms with Gasteiger partial charge in [0.15, 0.2) is 0 Å². The molecule has 13 heavy (non-hydrogen) atoms. The molecule has 2 rings (SSSR count). The van der Waals surface area contributed by atoms with Crippen LogP contribution in [0.2, 0.25) is 0 Å². The summed E-state index contributed by atoms with van der Waals surface area (Å²) in [5, 5.41) is 17.1. The number of hydrogen-bond donors (Lipinski definition) is 2. The maximum absolute atomic E-state index is 9.73. The van der Waals surface area contributed by atoms with E-state index in [2.05, 4.69) is 10.4 Å². The SMILES string of the molecule is Cn1cc(C2NCCCC2O)cn1. The van der Waals surface area contributed by atoms with Crippen LogP contribution in [0.25, 0.3) is 0 Å². The van der Waals surface area contributed by atoms with Gasteiger partial charge in [-0.25, -0.2) is 0 Å². The zero-order valence-corrected chi connectivity index (χ0v) is 7.77. The van der Waals surface area contributed by atoms with Crippen molar-refractivity contribution in [1.29, 1.82) is 0 Å². The van der Waals surface area contributed by atoms with Gasteiger partial charge < -0.3 is 10.4 Å². The standard InChI is InChI=1S/C9H15N3O/c1-12-6-7(5-11-12)9-8(13)3-2-4-10-9/h5-6,8-10,13H,2-4H2,1H3. The maximum atomic E-state index is 9.73. The van der Waals surface area contributed by atoms with E-state index in [9.17, 15) is 5.11 Å². The monoisotopic (exact) mass is 181 g/mol. The Morgan fingerprint density at radius 3 is 3.15 bits per heavy atom. The summed E-state index contributed by atoms with van der Waals surface area (Å²) < 4.78 is 1.76. The van der Waals surface area contributed by atoms with Crippen LogP contribution in [0.4, 0.5) is 0 Å². The number of nitrogens with zero attached hydrogens (tertiary/aromatic N) is 2. The van der Waals surface area contributed by atoms with Crippen molar-refractivity contribution in [1.82, 2.24) is 15.1 Å². The van der Waals surface area contributed by atoms with Crippen LogP contribution in [0.5, 0.6) is 0 Å². The van der Waals surface area contributed by atoms with Crippen molar-refractivity contribution < 1.29 is 5.11 Å². The number of hydrogen-bond acceptors (Lipinski definition) is 3. The van der Waals surface area contributed by atoms with Crippen molar-refractivity contribution >= 4 is 0 Å². The third-order valence-electron chi connectivity index (χ3n) is 2.51. The van der Waals surface area contributed by atoms with Gasteiger partial charge in [0, 0.05) is 18.8 Å². The fourth-order valence-corrected chi connectivity index (χ4v) is 1.81. The number of aliphatic hydroxyl groups is 1. The Bertz CT molecular complexity index is 284. The lowest BCUT2D eigenvalue weighted by atomic mass is 9.97. The van der Waals surface area contributed by atoms with Crippen LogP contribution in [0.15, 0.2) is 12.4 Å². The zero-order chi connectivity index (χ0) is 9.26. The van der Waals surface area contributed by atoms with Gasteiger partial charge in [0.05, 0.1) is 18.3 Å². The highest BCUT2D eigenvalue weighted by atomic mass is 16.3. The van der Waals surface area contributed by atoms with Gasteiger partial charge in [-0.3, -0.25) is 4.68 Å². The van der Waals surface area contributed by atoms with E-state index in [0.717, 1.165) is 24.9 Å². The van der Waals surface area contributed by atoms with Gasteiger partial charge in [0.1, 0.15) is 0 Å². The summed E-state index contributed by atoms with van der Waals surface area (Å²) >= 11 is 0. The molecule has 0 aliphatic carbocycles. The van der Waals surface area contributed by atoms with Crippen LogP contribution in [0.1, 0.15) is 24.4 Å². The molecular weight excluding hydrogens is 166 g/mol. The van der Waals surface area contributed by atoms with E-state index in [1.165, 1.54) is 0 Å². The van der Waals surface area contributed by atoms with Crippen LogP contribution in [0.3, 0.4) is 0 Å². The zero-order valence-electron chi connectivity index (χ0n) is 7.77.